The summed E-state index contributed by atoms with van der Waals surface area (Å²) in [5, 5.41) is 0. The number of aromatic nitrogens is 2. The highest BCUT2D eigenvalue weighted by molar-refractivity contribution is 6.17. The Labute approximate surface area is 119 Å². The molecule has 0 saturated heterocycles. The molecule has 1 unspecified atom stereocenters. The minimum atomic E-state index is 0.315. The van der Waals surface area contributed by atoms with Crippen molar-refractivity contribution in [1.29, 1.82) is 0 Å². The number of hydrogen-bond donors (Lipinski definition) is 0. The van der Waals surface area contributed by atoms with E-state index in [9.17, 15) is 0 Å². The molecule has 0 aliphatic heterocycles. The second-order valence-corrected chi connectivity index (χ2v) is 5.22. The van der Waals surface area contributed by atoms with Gasteiger partial charge in [-0.1, -0.05) is 13.0 Å². The second kappa shape index (κ2) is 6.40. The second-order valence-electron chi connectivity index (χ2n) is 4.85. The molecule has 104 valence electrons. The maximum absolute atomic E-state index is 5.91. The van der Waals surface area contributed by atoms with E-state index in [0.29, 0.717) is 18.5 Å². The van der Waals surface area contributed by atoms with E-state index < -0.39 is 0 Å². The van der Waals surface area contributed by atoms with Crippen molar-refractivity contribution < 1.29 is 4.74 Å². The molecule has 1 heterocycles. The van der Waals surface area contributed by atoms with Crippen molar-refractivity contribution in [3.8, 4) is 0 Å². The predicted octanol–water partition coefficient (Wildman–Crippen LogP) is 3.72. The fourth-order valence-electron chi connectivity index (χ4n) is 2.49. The Morgan fingerprint density at radius 1 is 1.42 bits per heavy atom. The molecule has 0 N–H and O–H groups in total. The maximum atomic E-state index is 5.91. The number of hydrogen-bond acceptors (Lipinski definition) is 2. The van der Waals surface area contributed by atoms with Gasteiger partial charge in [0.1, 0.15) is 5.82 Å². The number of rotatable bonds is 6. The molecular formula is C15H21ClN2O. The topological polar surface area (TPSA) is 27.1 Å². The summed E-state index contributed by atoms with van der Waals surface area (Å²) in [4.78, 5) is 4.72. The van der Waals surface area contributed by atoms with E-state index >= 15 is 0 Å². The number of imidazole rings is 1. The highest BCUT2D eigenvalue weighted by atomic mass is 35.5. The van der Waals surface area contributed by atoms with Crippen LogP contribution in [0.3, 0.4) is 0 Å². The van der Waals surface area contributed by atoms with E-state index in [1.165, 1.54) is 11.1 Å². The molecule has 2 rings (SSSR count). The predicted molar refractivity (Wildman–Crippen MR) is 80.1 cm³/mol. The summed E-state index contributed by atoms with van der Waals surface area (Å²) in [6.45, 7) is 4.98. The number of fused-ring (bicyclic) bond motifs is 1. The highest BCUT2D eigenvalue weighted by Crippen LogP contribution is 2.25. The Bertz CT molecular complexity index is 550. The standard InChI is InChI=1S/C15H21ClN2O/c1-4-12(10-19-3)18-14-9-11(2)5-6-13(14)17-15(18)7-8-16/h5-6,9,12H,4,7-8,10H2,1-3H3. The van der Waals surface area contributed by atoms with Gasteiger partial charge in [0.25, 0.3) is 0 Å². The van der Waals surface area contributed by atoms with Gasteiger partial charge in [-0.25, -0.2) is 4.98 Å². The Hall–Kier alpha value is -1.06. The van der Waals surface area contributed by atoms with Crippen molar-refractivity contribution in [3.05, 3.63) is 29.6 Å². The molecule has 0 fully saturated rings. The van der Waals surface area contributed by atoms with Gasteiger partial charge in [-0.3, -0.25) is 0 Å². The molecule has 3 nitrogen and oxygen atoms in total. The summed E-state index contributed by atoms with van der Waals surface area (Å²) in [6, 6.07) is 6.69. The molecule has 0 saturated carbocycles. The summed E-state index contributed by atoms with van der Waals surface area (Å²) >= 11 is 5.91. The SMILES string of the molecule is CCC(COC)n1c(CCCl)nc2ccc(C)cc21. The normalized spacial score (nSPS) is 13.1. The number of methoxy groups -OCH3 is 1. The van der Waals surface area contributed by atoms with E-state index in [0.717, 1.165) is 24.2 Å². The molecule has 4 heteroatoms. The lowest BCUT2D eigenvalue weighted by Crippen LogP contribution is -2.17. The summed E-state index contributed by atoms with van der Waals surface area (Å²) in [7, 11) is 1.74. The summed E-state index contributed by atoms with van der Waals surface area (Å²) in [5.74, 6) is 1.64. The van der Waals surface area contributed by atoms with Gasteiger partial charge in [-0.2, -0.15) is 0 Å². The van der Waals surface area contributed by atoms with Crippen molar-refractivity contribution in [2.45, 2.75) is 32.7 Å². The van der Waals surface area contributed by atoms with Gasteiger partial charge in [0.2, 0.25) is 0 Å². The molecule has 0 spiro atoms. The zero-order valence-corrected chi connectivity index (χ0v) is 12.6. The number of benzene rings is 1. The zero-order valence-electron chi connectivity index (χ0n) is 11.8. The van der Waals surface area contributed by atoms with Crippen LogP contribution in [0.2, 0.25) is 0 Å². The van der Waals surface area contributed by atoms with E-state index in [-0.39, 0.29) is 0 Å². The third-order valence-electron chi connectivity index (χ3n) is 3.43. The van der Waals surface area contributed by atoms with Crippen molar-refractivity contribution in [1.82, 2.24) is 9.55 Å². The van der Waals surface area contributed by atoms with Crippen LogP contribution in [0.25, 0.3) is 11.0 Å². The third-order valence-corrected chi connectivity index (χ3v) is 3.62. The first kappa shape index (κ1) is 14.4. The third kappa shape index (κ3) is 2.93. The Kier molecular flexibility index (Phi) is 4.83. The maximum Gasteiger partial charge on any atom is 0.111 e. The van der Waals surface area contributed by atoms with Crippen molar-refractivity contribution >= 4 is 22.6 Å². The molecule has 0 bridgehead atoms. The van der Waals surface area contributed by atoms with E-state index in [1.807, 2.05) is 0 Å². The van der Waals surface area contributed by atoms with Crippen LogP contribution in [0.5, 0.6) is 0 Å². The molecule has 2 aromatic rings. The highest BCUT2D eigenvalue weighted by Gasteiger charge is 2.17. The Morgan fingerprint density at radius 3 is 2.84 bits per heavy atom. The van der Waals surface area contributed by atoms with Crippen LogP contribution >= 0.6 is 11.6 Å². The summed E-state index contributed by atoms with van der Waals surface area (Å²) < 4.78 is 7.65. The fourth-order valence-corrected chi connectivity index (χ4v) is 2.66. The lowest BCUT2D eigenvalue weighted by atomic mass is 10.2. The monoisotopic (exact) mass is 280 g/mol. The van der Waals surface area contributed by atoms with Crippen LogP contribution in [0.15, 0.2) is 18.2 Å². The van der Waals surface area contributed by atoms with Crippen molar-refractivity contribution in [2.24, 2.45) is 0 Å². The summed E-state index contributed by atoms with van der Waals surface area (Å²) in [5.41, 5.74) is 3.47. The lowest BCUT2D eigenvalue weighted by Gasteiger charge is -2.19. The molecule has 19 heavy (non-hydrogen) atoms. The van der Waals surface area contributed by atoms with Crippen molar-refractivity contribution in [2.75, 3.05) is 19.6 Å². The fraction of sp³-hybridized carbons (Fsp3) is 0.533. The minimum Gasteiger partial charge on any atom is -0.383 e. The van der Waals surface area contributed by atoms with Gasteiger partial charge >= 0.3 is 0 Å². The first-order valence-electron chi connectivity index (χ1n) is 6.73. The smallest absolute Gasteiger partial charge is 0.111 e. The lowest BCUT2D eigenvalue weighted by molar-refractivity contribution is 0.153. The van der Waals surface area contributed by atoms with Crippen LogP contribution in [-0.2, 0) is 11.2 Å². The van der Waals surface area contributed by atoms with Gasteiger partial charge in [0.05, 0.1) is 23.7 Å². The number of ether oxygens (including phenoxy) is 1. The molecule has 0 radical (unpaired) electrons. The van der Waals surface area contributed by atoms with Crippen LogP contribution < -0.4 is 0 Å². The first-order valence-corrected chi connectivity index (χ1v) is 7.27. The van der Waals surface area contributed by atoms with Crippen LogP contribution in [-0.4, -0.2) is 29.1 Å². The number of aryl methyl sites for hydroxylation is 2. The van der Waals surface area contributed by atoms with E-state index in [2.05, 4.69) is 36.6 Å². The largest absolute Gasteiger partial charge is 0.383 e. The van der Waals surface area contributed by atoms with Gasteiger partial charge in [0, 0.05) is 19.4 Å². The van der Waals surface area contributed by atoms with Gasteiger partial charge in [0.15, 0.2) is 0 Å². The molecule has 0 aliphatic carbocycles. The molecule has 1 aromatic carbocycles. The molecule has 0 aliphatic rings. The quantitative estimate of drug-likeness (QED) is 0.754. The average Bonchev–Trinajstić information content (AvgIpc) is 2.74. The minimum absolute atomic E-state index is 0.315. The number of nitrogens with zero attached hydrogens (tertiary/aromatic N) is 2. The van der Waals surface area contributed by atoms with Gasteiger partial charge in [-0.15, -0.1) is 11.6 Å². The van der Waals surface area contributed by atoms with Crippen LogP contribution in [0.4, 0.5) is 0 Å². The van der Waals surface area contributed by atoms with Gasteiger partial charge in [-0.05, 0) is 31.0 Å². The number of halogens is 1. The van der Waals surface area contributed by atoms with Crippen LogP contribution in [0, 0.1) is 6.92 Å². The number of alkyl halides is 1. The first-order chi connectivity index (χ1) is 9.21. The molecule has 0 amide bonds. The Morgan fingerprint density at radius 2 is 2.21 bits per heavy atom. The average molecular weight is 281 g/mol. The molecular weight excluding hydrogens is 260 g/mol. The van der Waals surface area contributed by atoms with Crippen LogP contribution in [0.1, 0.15) is 30.8 Å². The van der Waals surface area contributed by atoms with E-state index in [4.69, 9.17) is 21.3 Å². The zero-order chi connectivity index (χ0) is 13.8. The molecule has 1 aromatic heterocycles. The van der Waals surface area contributed by atoms with E-state index in [1.54, 1.807) is 7.11 Å². The molecule has 1 atom stereocenters. The van der Waals surface area contributed by atoms with Gasteiger partial charge < -0.3 is 9.30 Å². The Balaban J connectivity index is 2.58. The van der Waals surface area contributed by atoms with Crippen molar-refractivity contribution in [3.63, 3.8) is 0 Å². The summed E-state index contributed by atoms with van der Waals surface area (Å²) in [6.07, 6.45) is 1.80.